The number of anilines is 1. The lowest BCUT2D eigenvalue weighted by Crippen LogP contribution is -2.47. The SMILES string of the molecule is Cc1ccc2[nH]c(CCN3CCN(c4ncccc4C(N)=O)CC3)nc2c1C. The number of primary amides is 1. The highest BCUT2D eigenvalue weighted by Gasteiger charge is 2.21. The zero-order chi connectivity index (χ0) is 19.7. The van der Waals surface area contributed by atoms with Crippen molar-refractivity contribution in [3.63, 3.8) is 0 Å². The lowest BCUT2D eigenvalue weighted by atomic mass is 10.1. The summed E-state index contributed by atoms with van der Waals surface area (Å²) in [5.74, 6) is 1.30. The Balaban J connectivity index is 1.36. The molecule has 28 heavy (non-hydrogen) atoms. The van der Waals surface area contributed by atoms with E-state index in [0.29, 0.717) is 11.4 Å². The second-order valence-corrected chi connectivity index (χ2v) is 7.40. The third-order valence-corrected chi connectivity index (χ3v) is 5.62. The first-order chi connectivity index (χ1) is 13.5. The number of piperazine rings is 1. The minimum absolute atomic E-state index is 0.430. The fourth-order valence-corrected chi connectivity index (χ4v) is 3.77. The van der Waals surface area contributed by atoms with E-state index in [2.05, 4.69) is 45.7 Å². The van der Waals surface area contributed by atoms with E-state index in [1.165, 1.54) is 11.1 Å². The molecule has 146 valence electrons. The Kier molecular flexibility index (Phi) is 5.00. The molecule has 2 aromatic heterocycles. The molecule has 0 atom stereocenters. The number of aryl methyl sites for hydroxylation is 2. The molecule has 4 rings (SSSR count). The number of benzene rings is 1. The van der Waals surface area contributed by atoms with Gasteiger partial charge >= 0.3 is 0 Å². The molecule has 0 spiro atoms. The van der Waals surface area contributed by atoms with Gasteiger partial charge in [0.1, 0.15) is 11.6 Å². The van der Waals surface area contributed by atoms with E-state index in [4.69, 9.17) is 10.7 Å². The van der Waals surface area contributed by atoms with E-state index < -0.39 is 5.91 Å². The fourth-order valence-electron chi connectivity index (χ4n) is 3.77. The van der Waals surface area contributed by atoms with Gasteiger partial charge < -0.3 is 15.6 Å². The lowest BCUT2D eigenvalue weighted by molar-refractivity contribution is 0.1000. The minimum Gasteiger partial charge on any atom is -0.365 e. The molecule has 1 aliphatic rings. The average molecular weight is 378 g/mol. The highest BCUT2D eigenvalue weighted by molar-refractivity contribution is 5.97. The van der Waals surface area contributed by atoms with Crippen LogP contribution >= 0.6 is 0 Å². The highest BCUT2D eigenvalue weighted by Crippen LogP contribution is 2.21. The van der Waals surface area contributed by atoms with Gasteiger partial charge in [-0.3, -0.25) is 9.69 Å². The van der Waals surface area contributed by atoms with Crippen molar-refractivity contribution < 1.29 is 4.79 Å². The van der Waals surface area contributed by atoms with Crippen LogP contribution in [0.25, 0.3) is 11.0 Å². The molecule has 7 nitrogen and oxygen atoms in total. The number of nitrogens with one attached hydrogen (secondary N) is 1. The molecule has 1 saturated heterocycles. The van der Waals surface area contributed by atoms with Crippen LogP contribution in [-0.2, 0) is 6.42 Å². The minimum atomic E-state index is -0.430. The summed E-state index contributed by atoms with van der Waals surface area (Å²) in [6, 6.07) is 7.73. The highest BCUT2D eigenvalue weighted by atomic mass is 16.1. The van der Waals surface area contributed by atoms with Crippen LogP contribution in [-0.4, -0.2) is 58.5 Å². The summed E-state index contributed by atoms with van der Waals surface area (Å²) < 4.78 is 0. The van der Waals surface area contributed by atoms with Gasteiger partial charge in [-0.1, -0.05) is 6.07 Å². The maximum atomic E-state index is 11.6. The number of H-pyrrole nitrogens is 1. The van der Waals surface area contributed by atoms with Gasteiger partial charge in [-0.2, -0.15) is 0 Å². The van der Waals surface area contributed by atoms with Gasteiger partial charge in [0.15, 0.2) is 0 Å². The van der Waals surface area contributed by atoms with Gasteiger partial charge in [-0.05, 0) is 43.2 Å². The molecule has 1 fully saturated rings. The summed E-state index contributed by atoms with van der Waals surface area (Å²) in [5, 5.41) is 0. The van der Waals surface area contributed by atoms with E-state index in [1.54, 1.807) is 18.3 Å². The molecule has 0 bridgehead atoms. The standard InChI is InChI=1S/C21H26N6O/c1-14-5-6-17-19(15(14)2)25-18(24-17)7-9-26-10-12-27(13-11-26)21-16(20(22)28)4-3-8-23-21/h3-6,8H,7,9-13H2,1-2H3,(H2,22,28)(H,24,25). The van der Waals surface area contributed by atoms with Crippen molar-refractivity contribution in [3.8, 4) is 0 Å². The van der Waals surface area contributed by atoms with Gasteiger partial charge in [0.05, 0.1) is 16.6 Å². The zero-order valence-electron chi connectivity index (χ0n) is 16.4. The number of rotatable bonds is 5. The molecule has 1 aliphatic heterocycles. The predicted molar refractivity (Wildman–Crippen MR) is 111 cm³/mol. The van der Waals surface area contributed by atoms with E-state index in [-0.39, 0.29) is 0 Å². The molecule has 1 aromatic carbocycles. The number of fused-ring (bicyclic) bond motifs is 1. The summed E-state index contributed by atoms with van der Waals surface area (Å²) >= 11 is 0. The molecule has 1 amide bonds. The number of aromatic nitrogens is 3. The van der Waals surface area contributed by atoms with E-state index in [9.17, 15) is 4.79 Å². The van der Waals surface area contributed by atoms with Crippen molar-refractivity contribution in [2.24, 2.45) is 5.73 Å². The molecule has 0 unspecified atom stereocenters. The fraction of sp³-hybridized carbons (Fsp3) is 0.381. The summed E-state index contributed by atoms with van der Waals surface area (Å²) in [6.45, 7) is 8.70. The third kappa shape index (κ3) is 3.57. The topological polar surface area (TPSA) is 91.1 Å². The molecular weight excluding hydrogens is 352 g/mol. The lowest BCUT2D eigenvalue weighted by Gasteiger charge is -2.35. The van der Waals surface area contributed by atoms with Crippen molar-refractivity contribution in [1.29, 1.82) is 0 Å². The number of imidazole rings is 1. The number of amides is 1. The van der Waals surface area contributed by atoms with Crippen LogP contribution < -0.4 is 10.6 Å². The molecule has 0 saturated carbocycles. The number of hydrogen-bond donors (Lipinski definition) is 2. The number of nitrogens with two attached hydrogens (primary N) is 1. The molecule has 0 aliphatic carbocycles. The predicted octanol–water partition coefficient (Wildman–Crippen LogP) is 2.04. The van der Waals surface area contributed by atoms with Crippen molar-refractivity contribution in [2.45, 2.75) is 20.3 Å². The number of pyridine rings is 1. The zero-order valence-corrected chi connectivity index (χ0v) is 16.4. The number of carbonyl (C=O) groups is 1. The van der Waals surface area contributed by atoms with Crippen molar-refractivity contribution in [3.05, 3.63) is 53.0 Å². The molecular formula is C21H26N6O. The Bertz CT molecular complexity index is 1000. The van der Waals surface area contributed by atoms with E-state index in [1.807, 2.05) is 0 Å². The van der Waals surface area contributed by atoms with Crippen molar-refractivity contribution >= 4 is 22.8 Å². The van der Waals surface area contributed by atoms with Crippen molar-refractivity contribution in [1.82, 2.24) is 19.9 Å². The van der Waals surface area contributed by atoms with Gasteiger partial charge in [0.2, 0.25) is 0 Å². The van der Waals surface area contributed by atoms with E-state index in [0.717, 1.165) is 56.0 Å². The van der Waals surface area contributed by atoms with Gasteiger partial charge in [0.25, 0.3) is 5.91 Å². The summed E-state index contributed by atoms with van der Waals surface area (Å²) in [5.41, 5.74) is 10.7. The van der Waals surface area contributed by atoms with Gasteiger partial charge in [-0.15, -0.1) is 0 Å². The third-order valence-electron chi connectivity index (χ3n) is 5.62. The molecule has 3 N–H and O–H groups in total. The monoisotopic (exact) mass is 378 g/mol. The first-order valence-corrected chi connectivity index (χ1v) is 9.70. The Morgan fingerprint density at radius 3 is 2.71 bits per heavy atom. The maximum absolute atomic E-state index is 11.6. The number of nitrogens with zero attached hydrogens (tertiary/aromatic N) is 4. The Hall–Kier alpha value is -2.93. The molecule has 0 radical (unpaired) electrons. The summed E-state index contributed by atoms with van der Waals surface area (Å²) in [6.07, 6.45) is 2.60. The first kappa shape index (κ1) is 18.4. The normalized spacial score (nSPS) is 15.3. The van der Waals surface area contributed by atoms with Crippen LogP contribution in [0.3, 0.4) is 0 Å². The summed E-state index contributed by atoms with van der Waals surface area (Å²) in [4.78, 5) is 28.8. The number of hydrogen-bond acceptors (Lipinski definition) is 5. The largest absolute Gasteiger partial charge is 0.365 e. The van der Waals surface area contributed by atoms with E-state index >= 15 is 0 Å². The second-order valence-electron chi connectivity index (χ2n) is 7.40. The Morgan fingerprint density at radius 2 is 1.96 bits per heavy atom. The number of aromatic amines is 1. The van der Waals surface area contributed by atoms with Crippen LogP contribution in [0.5, 0.6) is 0 Å². The number of carbonyl (C=O) groups excluding carboxylic acids is 1. The molecule has 3 heterocycles. The van der Waals surface area contributed by atoms with Gasteiger partial charge in [-0.25, -0.2) is 9.97 Å². The quantitative estimate of drug-likeness (QED) is 0.709. The smallest absolute Gasteiger partial charge is 0.252 e. The second kappa shape index (κ2) is 7.59. The maximum Gasteiger partial charge on any atom is 0.252 e. The molecule has 3 aromatic rings. The van der Waals surface area contributed by atoms with Gasteiger partial charge in [0, 0.05) is 45.3 Å². The van der Waals surface area contributed by atoms with Crippen LogP contribution in [0, 0.1) is 13.8 Å². The van der Waals surface area contributed by atoms with Crippen LogP contribution in [0.1, 0.15) is 27.3 Å². The summed E-state index contributed by atoms with van der Waals surface area (Å²) in [7, 11) is 0. The van der Waals surface area contributed by atoms with Crippen LogP contribution in [0.2, 0.25) is 0 Å². The average Bonchev–Trinajstić information content (AvgIpc) is 3.13. The van der Waals surface area contributed by atoms with Crippen molar-refractivity contribution in [2.75, 3.05) is 37.6 Å². The molecule has 7 heteroatoms. The van der Waals surface area contributed by atoms with Crippen LogP contribution in [0.4, 0.5) is 5.82 Å². The first-order valence-electron chi connectivity index (χ1n) is 9.70. The van der Waals surface area contributed by atoms with Crippen LogP contribution in [0.15, 0.2) is 30.5 Å². The Labute approximate surface area is 164 Å². The Morgan fingerprint density at radius 1 is 1.18 bits per heavy atom.